The minimum atomic E-state index is 0.0266. The van der Waals surface area contributed by atoms with E-state index in [4.69, 9.17) is 4.52 Å². The van der Waals surface area contributed by atoms with Crippen molar-refractivity contribution in [3.8, 4) is 10.4 Å². The average Bonchev–Trinajstić information content (AvgIpc) is 3.22. The summed E-state index contributed by atoms with van der Waals surface area (Å²) in [4.78, 5) is 15.8. The first-order valence-electron chi connectivity index (χ1n) is 7.90. The van der Waals surface area contributed by atoms with E-state index < -0.39 is 0 Å². The number of thioether (sulfide) groups is 1. The quantitative estimate of drug-likeness (QED) is 0.364. The predicted octanol–water partition coefficient (Wildman–Crippen LogP) is 5.21. The molecule has 0 spiro atoms. The van der Waals surface area contributed by atoms with Gasteiger partial charge >= 0.3 is 0 Å². The maximum atomic E-state index is 5.29. The van der Waals surface area contributed by atoms with Crippen LogP contribution in [-0.2, 0) is 0 Å². The van der Waals surface area contributed by atoms with E-state index in [2.05, 4.69) is 38.3 Å². The van der Waals surface area contributed by atoms with E-state index in [9.17, 15) is 0 Å². The summed E-state index contributed by atoms with van der Waals surface area (Å²) in [5, 5.41) is 5.92. The van der Waals surface area contributed by atoms with Crippen LogP contribution in [0, 0.1) is 13.8 Å². The molecule has 0 amide bonds. The molecule has 0 saturated carbocycles. The second-order valence-electron chi connectivity index (χ2n) is 5.71. The topological polar surface area (TPSA) is 64.7 Å². The lowest BCUT2D eigenvalue weighted by molar-refractivity contribution is 0.376. The number of nitrogens with zero attached hydrogens (tertiary/aromatic N) is 4. The number of thiophene rings is 1. The molecule has 126 valence electrons. The number of rotatable bonds is 4. The molecular formula is C18H16N4OS2. The van der Waals surface area contributed by atoms with Crippen molar-refractivity contribution in [1.29, 1.82) is 0 Å². The smallest absolute Gasteiger partial charge is 0.239 e. The molecule has 1 atom stereocenters. The van der Waals surface area contributed by atoms with Crippen molar-refractivity contribution in [1.82, 2.24) is 20.1 Å². The van der Waals surface area contributed by atoms with E-state index >= 15 is 0 Å². The van der Waals surface area contributed by atoms with Gasteiger partial charge < -0.3 is 4.52 Å². The molecule has 3 aromatic heterocycles. The van der Waals surface area contributed by atoms with Crippen molar-refractivity contribution in [3.05, 3.63) is 53.9 Å². The van der Waals surface area contributed by atoms with Crippen LogP contribution in [0.4, 0.5) is 0 Å². The molecule has 5 nitrogen and oxygen atoms in total. The largest absolute Gasteiger partial charge is 0.338 e. The van der Waals surface area contributed by atoms with E-state index in [0.717, 1.165) is 21.1 Å². The number of hydrogen-bond acceptors (Lipinski definition) is 7. The third-order valence-electron chi connectivity index (χ3n) is 3.71. The molecule has 0 aliphatic carbocycles. The van der Waals surface area contributed by atoms with Crippen molar-refractivity contribution >= 4 is 33.3 Å². The van der Waals surface area contributed by atoms with E-state index in [1.807, 2.05) is 39.0 Å². The maximum Gasteiger partial charge on any atom is 0.239 e. The molecule has 0 radical (unpaired) electrons. The monoisotopic (exact) mass is 368 g/mol. The van der Waals surface area contributed by atoms with Crippen LogP contribution in [0.15, 0.2) is 45.9 Å². The Balaban J connectivity index is 1.74. The van der Waals surface area contributed by atoms with Crippen molar-refractivity contribution in [2.45, 2.75) is 31.0 Å². The minimum absolute atomic E-state index is 0.0266. The lowest BCUT2D eigenvalue weighted by atomic mass is 10.2. The Bertz CT molecular complexity index is 1030. The van der Waals surface area contributed by atoms with Gasteiger partial charge in [0.1, 0.15) is 15.7 Å². The lowest BCUT2D eigenvalue weighted by Gasteiger charge is -2.07. The molecule has 7 heteroatoms. The molecule has 0 aliphatic rings. The van der Waals surface area contributed by atoms with Crippen LogP contribution in [0.2, 0.25) is 0 Å². The van der Waals surface area contributed by atoms with Crippen molar-refractivity contribution in [2.75, 3.05) is 0 Å². The normalized spacial score (nSPS) is 12.6. The van der Waals surface area contributed by atoms with E-state index in [0.29, 0.717) is 11.7 Å². The Morgan fingerprint density at radius 3 is 2.56 bits per heavy atom. The van der Waals surface area contributed by atoms with E-state index in [1.165, 1.54) is 10.4 Å². The van der Waals surface area contributed by atoms with Crippen molar-refractivity contribution in [3.63, 3.8) is 0 Å². The predicted molar refractivity (Wildman–Crippen MR) is 101 cm³/mol. The second kappa shape index (κ2) is 6.57. The van der Waals surface area contributed by atoms with Gasteiger partial charge in [-0.15, -0.1) is 11.3 Å². The standard InChI is InChI=1S/C18H16N4OS2/c1-10(16-19-12(3)22-23-16)24-17-14-9-15(13-7-5-4-6-8-13)25-18(14)21-11(2)20-17/h4-10H,1-3H3/t10-/m1/s1. The lowest BCUT2D eigenvalue weighted by Crippen LogP contribution is -1.94. The fourth-order valence-corrected chi connectivity index (χ4v) is 4.67. The highest BCUT2D eigenvalue weighted by molar-refractivity contribution is 7.99. The van der Waals surface area contributed by atoms with E-state index in [1.54, 1.807) is 23.1 Å². The summed E-state index contributed by atoms with van der Waals surface area (Å²) in [5.41, 5.74) is 1.19. The molecule has 1 aromatic carbocycles. The first-order valence-corrected chi connectivity index (χ1v) is 9.60. The number of aromatic nitrogens is 4. The Hall–Kier alpha value is -2.25. The third kappa shape index (κ3) is 3.29. The molecule has 0 saturated heterocycles. The number of fused-ring (bicyclic) bond motifs is 1. The second-order valence-corrected chi connectivity index (χ2v) is 8.07. The Kier molecular flexibility index (Phi) is 4.27. The summed E-state index contributed by atoms with van der Waals surface area (Å²) >= 11 is 3.31. The molecule has 4 rings (SSSR count). The zero-order valence-electron chi connectivity index (χ0n) is 14.1. The zero-order valence-corrected chi connectivity index (χ0v) is 15.7. The highest BCUT2D eigenvalue weighted by Gasteiger charge is 2.19. The molecule has 0 unspecified atom stereocenters. The Morgan fingerprint density at radius 2 is 1.84 bits per heavy atom. The molecule has 4 aromatic rings. The first-order chi connectivity index (χ1) is 12.1. The molecule has 3 heterocycles. The SMILES string of the molecule is Cc1noc([C@@H](C)Sc2nc(C)nc3sc(-c4ccccc4)cc23)n1. The highest BCUT2D eigenvalue weighted by atomic mass is 32.2. The molecule has 25 heavy (non-hydrogen) atoms. The van der Waals surface area contributed by atoms with Gasteiger partial charge in [-0.2, -0.15) is 4.98 Å². The van der Waals surface area contributed by atoms with Crippen molar-refractivity contribution in [2.24, 2.45) is 0 Å². The number of benzene rings is 1. The fourth-order valence-electron chi connectivity index (χ4n) is 2.53. The summed E-state index contributed by atoms with van der Waals surface area (Å²) in [6.07, 6.45) is 0. The maximum absolute atomic E-state index is 5.29. The summed E-state index contributed by atoms with van der Waals surface area (Å²) in [6, 6.07) is 12.5. The van der Waals surface area contributed by atoms with Crippen LogP contribution < -0.4 is 0 Å². The van der Waals surface area contributed by atoms with Gasteiger partial charge in [0.25, 0.3) is 0 Å². The summed E-state index contributed by atoms with van der Waals surface area (Å²) in [7, 11) is 0. The van der Waals surface area contributed by atoms with Gasteiger partial charge in [-0.25, -0.2) is 9.97 Å². The van der Waals surface area contributed by atoms with Gasteiger partial charge in [-0.1, -0.05) is 47.3 Å². The number of hydrogen-bond donors (Lipinski definition) is 0. The fraction of sp³-hybridized carbons (Fsp3) is 0.222. The van der Waals surface area contributed by atoms with Gasteiger partial charge in [0.05, 0.1) is 5.25 Å². The van der Waals surface area contributed by atoms with Crippen LogP contribution in [-0.4, -0.2) is 20.1 Å². The van der Waals surface area contributed by atoms with Crippen LogP contribution in [0.3, 0.4) is 0 Å². The molecule has 0 aliphatic heterocycles. The Morgan fingerprint density at radius 1 is 1.04 bits per heavy atom. The van der Waals surface area contributed by atoms with Crippen LogP contribution >= 0.6 is 23.1 Å². The molecule has 0 bridgehead atoms. The van der Waals surface area contributed by atoms with Gasteiger partial charge in [0.15, 0.2) is 5.82 Å². The van der Waals surface area contributed by atoms with Gasteiger partial charge in [0.2, 0.25) is 5.89 Å². The highest BCUT2D eigenvalue weighted by Crippen LogP contribution is 2.40. The van der Waals surface area contributed by atoms with Crippen molar-refractivity contribution < 1.29 is 4.52 Å². The summed E-state index contributed by atoms with van der Waals surface area (Å²) < 4.78 is 5.29. The number of aryl methyl sites for hydroxylation is 2. The summed E-state index contributed by atoms with van der Waals surface area (Å²) in [5.74, 6) is 2.03. The molecule has 0 fully saturated rings. The summed E-state index contributed by atoms with van der Waals surface area (Å²) in [6.45, 7) is 5.79. The van der Waals surface area contributed by atoms with Crippen LogP contribution in [0.5, 0.6) is 0 Å². The average molecular weight is 368 g/mol. The zero-order chi connectivity index (χ0) is 17.4. The first kappa shape index (κ1) is 16.2. The van der Waals surface area contributed by atoms with Gasteiger partial charge in [0, 0.05) is 10.3 Å². The van der Waals surface area contributed by atoms with Gasteiger partial charge in [-0.05, 0) is 32.4 Å². The minimum Gasteiger partial charge on any atom is -0.338 e. The van der Waals surface area contributed by atoms with E-state index in [-0.39, 0.29) is 5.25 Å². The van der Waals surface area contributed by atoms with Crippen LogP contribution in [0.1, 0.15) is 29.7 Å². The van der Waals surface area contributed by atoms with Gasteiger partial charge in [-0.3, -0.25) is 0 Å². The molecular weight excluding hydrogens is 352 g/mol. The van der Waals surface area contributed by atoms with Crippen LogP contribution in [0.25, 0.3) is 20.7 Å². The molecule has 0 N–H and O–H groups in total. The Labute approximate surface area is 153 Å². The third-order valence-corrected chi connectivity index (χ3v) is 5.88.